The standard InChI is InChI=1S/C11H15F2NS/c1-8(2-3-14)15-7-9-4-10(12)6-11(13)5-9/h4-6,8H,2-3,7,14H2,1H3. The van der Waals surface area contributed by atoms with Gasteiger partial charge in [0.05, 0.1) is 0 Å². The van der Waals surface area contributed by atoms with Crippen LogP contribution in [0.3, 0.4) is 0 Å². The molecule has 0 heterocycles. The minimum Gasteiger partial charge on any atom is -0.330 e. The van der Waals surface area contributed by atoms with Gasteiger partial charge in [0.25, 0.3) is 0 Å². The second-order valence-corrected chi connectivity index (χ2v) is 4.90. The maximum Gasteiger partial charge on any atom is 0.126 e. The smallest absolute Gasteiger partial charge is 0.126 e. The van der Waals surface area contributed by atoms with Gasteiger partial charge in [-0.05, 0) is 30.7 Å². The quantitative estimate of drug-likeness (QED) is 0.843. The molecule has 1 aromatic carbocycles. The van der Waals surface area contributed by atoms with Gasteiger partial charge in [-0.15, -0.1) is 0 Å². The molecule has 0 aliphatic carbocycles. The molecular formula is C11H15F2NS. The van der Waals surface area contributed by atoms with E-state index in [0.717, 1.165) is 12.5 Å². The number of benzene rings is 1. The van der Waals surface area contributed by atoms with E-state index in [1.165, 1.54) is 12.1 Å². The van der Waals surface area contributed by atoms with Gasteiger partial charge in [-0.3, -0.25) is 0 Å². The van der Waals surface area contributed by atoms with Crippen molar-refractivity contribution in [2.24, 2.45) is 5.73 Å². The highest BCUT2D eigenvalue weighted by Crippen LogP contribution is 2.20. The van der Waals surface area contributed by atoms with Crippen LogP contribution in [0.4, 0.5) is 8.78 Å². The van der Waals surface area contributed by atoms with E-state index in [2.05, 4.69) is 6.92 Å². The lowest BCUT2D eigenvalue weighted by molar-refractivity contribution is 0.581. The lowest BCUT2D eigenvalue weighted by Gasteiger charge is -2.09. The first-order valence-electron chi connectivity index (χ1n) is 4.88. The van der Waals surface area contributed by atoms with E-state index in [0.29, 0.717) is 23.1 Å². The first kappa shape index (κ1) is 12.5. The Bertz CT molecular complexity index is 297. The molecule has 0 saturated carbocycles. The summed E-state index contributed by atoms with van der Waals surface area (Å²) in [6, 6.07) is 3.62. The van der Waals surface area contributed by atoms with Crippen LogP contribution in [0.15, 0.2) is 18.2 Å². The molecule has 0 amide bonds. The Labute approximate surface area is 93.1 Å². The molecule has 0 aliphatic heterocycles. The number of hydrogen-bond acceptors (Lipinski definition) is 2. The summed E-state index contributed by atoms with van der Waals surface area (Å²) in [4.78, 5) is 0. The van der Waals surface area contributed by atoms with Crippen LogP contribution < -0.4 is 5.73 Å². The highest BCUT2D eigenvalue weighted by molar-refractivity contribution is 7.99. The third-order valence-electron chi connectivity index (χ3n) is 2.03. The van der Waals surface area contributed by atoms with E-state index in [9.17, 15) is 8.78 Å². The summed E-state index contributed by atoms with van der Waals surface area (Å²) in [5.41, 5.74) is 6.10. The summed E-state index contributed by atoms with van der Waals surface area (Å²) >= 11 is 1.66. The average Bonchev–Trinajstić information content (AvgIpc) is 2.14. The van der Waals surface area contributed by atoms with Crippen molar-refractivity contribution in [1.29, 1.82) is 0 Å². The van der Waals surface area contributed by atoms with Crippen LogP contribution in [0.1, 0.15) is 18.9 Å². The summed E-state index contributed by atoms with van der Waals surface area (Å²) in [7, 11) is 0. The maximum absolute atomic E-state index is 12.8. The summed E-state index contributed by atoms with van der Waals surface area (Å²) in [6.45, 7) is 2.71. The van der Waals surface area contributed by atoms with E-state index in [1.54, 1.807) is 11.8 Å². The molecule has 4 heteroatoms. The predicted octanol–water partition coefficient (Wildman–Crippen LogP) is 2.94. The lowest BCUT2D eigenvalue weighted by atomic mass is 10.2. The SMILES string of the molecule is CC(CCN)SCc1cc(F)cc(F)c1. The van der Waals surface area contributed by atoms with Crippen LogP contribution in [0.5, 0.6) is 0 Å². The minimum atomic E-state index is -0.517. The fraction of sp³-hybridized carbons (Fsp3) is 0.455. The predicted molar refractivity (Wildman–Crippen MR) is 60.8 cm³/mol. The normalized spacial score (nSPS) is 12.8. The van der Waals surface area contributed by atoms with Crippen LogP contribution >= 0.6 is 11.8 Å². The number of nitrogens with two attached hydrogens (primary N) is 1. The first-order valence-corrected chi connectivity index (χ1v) is 5.93. The van der Waals surface area contributed by atoms with Gasteiger partial charge < -0.3 is 5.73 Å². The molecule has 1 aromatic rings. The van der Waals surface area contributed by atoms with Gasteiger partial charge in [0.15, 0.2) is 0 Å². The third kappa shape index (κ3) is 4.62. The number of hydrogen-bond donors (Lipinski definition) is 1. The van der Waals surface area contributed by atoms with E-state index >= 15 is 0 Å². The van der Waals surface area contributed by atoms with Gasteiger partial charge >= 0.3 is 0 Å². The Morgan fingerprint density at radius 2 is 1.87 bits per heavy atom. The molecule has 1 unspecified atom stereocenters. The zero-order chi connectivity index (χ0) is 11.3. The molecule has 0 spiro atoms. The van der Waals surface area contributed by atoms with Crippen molar-refractivity contribution in [3.63, 3.8) is 0 Å². The first-order chi connectivity index (χ1) is 7.11. The highest BCUT2D eigenvalue weighted by Gasteiger charge is 2.04. The van der Waals surface area contributed by atoms with Gasteiger partial charge in [0.2, 0.25) is 0 Å². The fourth-order valence-corrected chi connectivity index (χ4v) is 2.20. The molecule has 0 saturated heterocycles. The molecule has 0 aliphatic rings. The van der Waals surface area contributed by atoms with Crippen molar-refractivity contribution >= 4 is 11.8 Å². The number of halogens is 2. The fourth-order valence-electron chi connectivity index (χ4n) is 1.25. The molecule has 0 aromatic heterocycles. The second kappa shape index (κ2) is 6.08. The molecule has 2 N–H and O–H groups in total. The third-order valence-corrected chi connectivity index (χ3v) is 3.33. The summed E-state index contributed by atoms with van der Waals surface area (Å²) in [6.07, 6.45) is 0.919. The van der Waals surface area contributed by atoms with Gasteiger partial charge in [-0.25, -0.2) is 8.78 Å². The van der Waals surface area contributed by atoms with E-state index < -0.39 is 11.6 Å². The van der Waals surface area contributed by atoms with E-state index in [-0.39, 0.29) is 0 Å². The Balaban J connectivity index is 2.50. The Hall–Kier alpha value is -0.610. The van der Waals surface area contributed by atoms with Gasteiger partial charge in [0, 0.05) is 17.1 Å². The zero-order valence-corrected chi connectivity index (χ0v) is 9.49. The summed E-state index contributed by atoms with van der Waals surface area (Å²) < 4.78 is 25.7. The van der Waals surface area contributed by atoms with Gasteiger partial charge in [-0.2, -0.15) is 11.8 Å². The summed E-state index contributed by atoms with van der Waals surface area (Å²) in [5.74, 6) is -0.412. The molecule has 1 atom stereocenters. The average molecular weight is 231 g/mol. The van der Waals surface area contributed by atoms with Crippen LogP contribution in [-0.4, -0.2) is 11.8 Å². The van der Waals surface area contributed by atoms with Crippen LogP contribution in [0.2, 0.25) is 0 Å². The minimum absolute atomic E-state index is 0.418. The molecule has 1 rings (SSSR count). The van der Waals surface area contributed by atoms with Gasteiger partial charge in [0.1, 0.15) is 11.6 Å². The molecule has 1 nitrogen and oxygen atoms in total. The molecule has 0 bridgehead atoms. The lowest BCUT2D eigenvalue weighted by Crippen LogP contribution is -2.07. The van der Waals surface area contributed by atoms with Crippen LogP contribution in [-0.2, 0) is 5.75 Å². The van der Waals surface area contributed by atoms with Crippen molar-refractivity contribution < 1.29 is 8.78 Å². The monoisotopic (exact) mass is 231 g/mol. The largest absolute Gasteiger partial charge is 0.330 e. The highest BCUT2D eigenvalue weighted by atomic mass is 32.2. The summed E-state index contributed by atoms with van der Waals surface area (Å²) in [5, 5.41) is 0.418. The van der Waals surface area contributed by atoms with Crippen molar-refractivity contribution in [2.45, 2.75) is 24.3 Å². The Morgan fingerprint density at radius 1 is 1.27 bits per heavy atom. The molecule has 0 radical (unpaired) electrons. The van der Waals surface area contributed by atoms with Crippen molar-refractivity contribution in [1.82, 2.24) is 0 Å². The number of rotatable bonds is 5. The van der Waals surface area contributed by atoms with Crippen molar-refractivity contribution in [3.05, 3.63) is 35.4 Å². The Kier molecular flexibility index (Phi) is 5.05. The van der Waals surface area contributed by atoms with Crippen LogP contribution in [0.25, 0.3) is 0 Å². The maximum atomic E-state index is 12.8. The van der Waals surface area contributed by atoms with E-state index in [4.69, 9.17) is 5.73 Å². The van der Waals surface area contributed by atoms with E-state index in [1.807, 2.05) is 0 Å². The second-order valence-electron chi connectivity index (χ2n) is 3.48. The Morgan fingerprint density at radius 3 is 2.40 bits per heavy atom. The molecular weight excluding hydrogens is 216 g/mol. The number of thioether (sulfide) groups is 1. The molecule has 84 valence electrons. The zero-order valence-electron chi connectivity index (χ0n) is 8.67. The van der Waals surface area contributed by atoms with Crippen molar-refractivity contribution in [3.8, 4) is 0 Å². The van der Waals surface area contributed by atoms with Crippen LogP contribution in [0, 0.1) is 11.6 Å². The molecule has 0 fully saturated rings. The molecule has 15 heavy (non-hydrogen) atoms. The van der Waals surface area contributed by atoms with Gasteiger partial charge in [-0.1, -0.05) is 6.92 Å². The van der Waals surface area contributed by atoms with Crippen molar-refractivity contribution in [2.75, 3.05) is 6.54 Å². The topological polar surface area (TPSA) is 26.0 Å².